The van der Waals surface area contributed by atoms with Gasteiger partial charge < -0.3 is 4.74 Å². The van der Waals surface area contributed by atoms with E-state index in [1.165, 1.54) is 4.88 Å². The number of amidine groups is 1. The lowest BCUT2D eigenvalue weighted by molar-refractivity contribution is -0.118. The number of hydrogen-bond acceptors (Lipinski definition) is 6. The fourth-order valence-corrected chi connectivity index (χ4v) is 7.20. The quantitative estimate of drug-likeness (QED) is 0.587. The molecule has 6 nitrogen and oxygen atoms in total. The van der Waals surface area contributed by atoms with Crippen molar-refractivity contribution in [2.75, 3.05) is 12.0 Å². The van der Waals surface area contributed by atoms with Gasteiger partial charge in [-0.1, -0.05) is 26.0 Å². The number of benzene rings is 1. The SMILES string of the molecule is COc1ccc(C2C3=C(CC(C)(C)CC3=O)N(c3sc4c(c3C#N)CCCC4)C(=N)C2C#N)cc1. The number of aryl methyl sites for hydroxylation is 1. The first-order chi connectivity index (χ1) is 16.8. The number of fused-ring (bicyclic) bond motifs is 1. The van der Waals surface area contributed by atoms with Crippen molar-refractivity contribution in [1.82, 2.24) is 0 Å². The van der Waals surface area contributed by atoms with Crippen LogP contribution in [0, 0.1) is 39.4 Å². The Morgan fingerprint density at radius 2 is 1.86 bits per heavy atom. The maximum Gasteiger partial charge on any atom is 0.161 e. The molecular weight excluding hydrogens is 456 g/mol. The molecule has 1 aliphatic heterocycles. The Morgan fingerprint density at radius 3 is 2.51 bits per heavy atom. The minimum Gasteiger partial charge on any atom is -0.497 e. The average molecular weight is 485 g/mol. The molecule has 1 N–H and O–H groups in total. The molecule has 178 valence electrons. The van der Waals surface area contributed by atoms with Crippen molar-refractivity contribution in [1.29, 1.82) is 15.9 Å². The molecular formula is C28H28N4O2S. The second-order valence-corrected chi connectivity index (χ2v) is 11.5. The first kappa shape index (κ1) is 23.3. The fourth-order valence-electron chi connectivity index (χ4n) is 5.83. The molecule has 2 atom stereocenters. The Hall–Kier alpha value is -3.42. The molecule has 2 heterocycles. The van der Waals surface area contributed by atoms with Gasteiger partial charge in [-0.25, -0.2) is 0 Å². The topological polar surface area (TPSA) is 101 Å². The van der Waals surface area contributed by atoms with E-state index >= 15 is 0 Å². The number of carbonyl (C=O) groups is 1. The van der Waals surface area contributed by atoms with Crippen molar-refractivity contribution in [3.05, 3.63) is 57.1 Å². The normalized spacial score (nSPS) is 23.3. The Balaban J connectivity index is 1.75. The zero-order valence-electron chi connectivity index (χ0n) is 20.3. The Bertz CT molecular complexity index is 1340. The molecule has 0 bridgehead atoms. The van der Waals surface area contributed by atoms with E-state index in [1.54, 1.807) is 23.3 Å². The van der Waals surface area contributed by atoms with Gasteiger partial charge in [0.15, 0.2) is 5.78 Å². The number of nitrogens with one attached hydrogen (secondary N) is 1. The Labute approximate surface area is 209 Å². The van der Waals surface area contributed by atoms with Crippen LogP contribution in [0.25, 0.3) is 0 Å². The number of carbonyl (C=O) groups excluding carboxylic acids is 1. The molecule has 0 saturated carbocycles. The van der Waals surface area contributed by atoms with Crippen LogP contribution in [0.4, 0.5) is 5.00 Å². The minimum absolute atomic E-state index is 0.0228. The third-order valence-electron chi connectivity index (χ3n) is 7.43. The molecule has 5 rings (SSSR count). The van der Waals surface area contributed by atoms with Crippen LogP contribution in [-0.4, -0.2) is 18.7 Å². The zero-order chi connectivity index (χ0) is 24.9. The van der Waals surface area contributed by atoms with Gasteiger partial charge in [0, 0.05) is 28.5 Å². The number of hydrogen-bond donors (Lipinski definition) is 1. The van der Waals surface area contributed by atoms with E-state index in [-0.39, 0.29) is 17.0 Å². The Kier molecular flexibility index (Phi) is 5.77. The summed E-state index contributed by atoms with van der Waals surface area (Å²) < 4.78 is 5.30. The summed E-state index contributed by atoms with van der Waals surface area (Å²) >= 11 is 1.56. The van der Waals surface area contributed by atoms with Gasteiger partial charge in [0.05, 0.1) is 18.7 Å². The summed E-state index contributed by atoms with van der Waals surface area (Å²) in [5, 5.41) is 30.4. The number of anilines is 1. The lowest BCUT2D eigenvalue weighted by atomic mass is 9.66. The van der Waals surface area contributed by atoms with E-state index in [2.05, 4.69) is 26.0 Å². The van der Waals surface area contributed by atoms with Gasteiger partial charge in [0.2, 0.25) is 0 Å². The molecule has 2 unspecified atom stereocenters. The summed E-state index contributed by atoms with van der Waals surface area (Å²) in [6, 6.07) is 12.2. The van der Waals surface area contributed by atoms with Crippen molar-refractivity contribution < 1.29 is 9.53 Å². The van der Waals surface area contributed by atoms with E-state index in [9.17, 15) is 20.7 Å². The second kappa shape index (κ2) is 8.66. The predicted octanol–water partition coefficient (Wildman–Crippen LogP) is 5.87. The molecule has 1 aromatic carbocycles. The largest absolute Gasteiger partial charge is 0.497 e. The summed E-state index contributed by atoms with van der Waals surface area (Å²) in [5.74, 6) is -0.489. The number of thiophene rings is 1. The summed E-state index contributed by atoms with van der Waals surface area (Å²) in [6.07, 6.45) is 4.94. The number of methoxy groups -OCH3 is 1. The molecule has 35 heavy (non-hydrogen) atoms. The number of nitrogens with zero attached hydrogens (tertiary/aromatic N) is 3. The van der Waals surface area contributed by atoms with Crippen LogP contribution in [0.1, 0.15) is 67.0 Å². The summed E-state index contributed by atoms with van der Waals surface area (Å²) in [4.78, 5) is 16.7. The van der Waals surface area contributed by atoms with Gasteiger partial charge in [-0.05, 0) is 60.8 Å². The van der Waals surface area contributed by atoms with E-state index in [0.717, 1.165) is 42.5 Å². The molecule has 7 heteroatoms. The summed E-state index contributed by atoms with van der Waals surface area (Å²) in [7, 11) is 1.60. The molecule has 0 radical (unpaired) electrons. The molecule has 0 amide bonds. The van der Waals surface area contributed by atoms with Crippen LogP contribution in [0.5, 0.6) is 5.75 Å². The lowest BCUT2D eigenvalue weighted by Crippen LogP contribution is -2.48. The van der Waals surface area contributed by atoms with Gasteiger partial charge in [-0.3, -0.25) is 15.1 Å². The standard InChI is InChI=1S/C28H28N4O2S/c1-28(2)12-21-25(22(33)13-28)24(16-8-10-17(34-3)11-9-16)20(15-30)26(31)32(21)27-19(14-29)18-6-4-5-7-23(18)35-27/h8-11,20,24,31H,4-7,12-13H2,1-3H3. The predicted molar refractivity (Wildman–Crippen MR) is 136 cm³/mol. The van der Waals surface area contributed by atoms with E-state index in [1.807, 2.05) is 24.3 Å². The summed E-state index contributed by atoms with van der Waals surface area (Å²) in [6.45, 7) is 4.14. The smallest absolute Gasteiger partial charge is 0.161 e. The van der Waals surface area contributed by atoms with Gasteiger partial charge >= 0.3 is 0 Å². The highest BCUT2D eigenvalue weighted by Crippen LogP contribution is 2.52. The van der Waals surface area contributed by atoms with Gasteiger partial charge in [0.1, 0.15) is 28.6 Å². The highest BCUT2D eigenvalue weighted by atomic mass is 32.1. The highest BCUT2D eigenvalue weighted by Gasteiger charge is 2.49. The first-order valence-corrected chi connectivity index (χ1v) is 12.8. The van der Waals surface area contributed by atoms with Crippen molar-refractivity contribution >= 4 is 28.0 Å². The van der Waals surface area contributed by atoms with Crippen LogP contribution in [0.2, 0.25) is 0 Å². The van der Waals surface area contributed by atoms with Crippen LogP contribution in [-0.2, 0) is 17.6 Å². The highest BCUT2D eigenvalue weighted by molar-refractivity contribution is 7.16. The first-order valence-electron chi connectivity index (χ1n) is 12.0. The number of rotatable bonds is 3. The molecule has 2 aliphatic carbocycles. The number of allylic oxidation sites excluding steroid dienone is 2. The van der Waals surface area contributed by atoms with Gasteiger partial charge in [-0.15, -0.1) is 11.3 Å². The monoisotopic (exact) mass is 484 g/mol. The summed E-state index contributed by atoms with van der Waals surface area (Å²) in [5.41, 5.74) is 3.64. The van der Waals surface area contributed by atoms with E-state index in [4.69, 9.17) is 4.74 Å². The van der Waals surface area contributed by atoms with Crippen molar-refractivity contribution in [3.8, 4) is 17.9 Å². The zero-order valence-corrected chi connectivity index (χ0v) is 21.1. The average Bonchev–Trinajstić information content (AvgIpc) is 3.20. The second-order valence-electron chi connectivity index (χ2n) is 10.4. The van der Waals surface area contributed by atoms with E-state index in [0.29, 0.717) is 34.7 Å². The molecule has 3 aliphatic rings. The van der Waals surface area contributed by atoms with Crippen LogP contribution >= 0.6 is 11.3 Å². The van der Waals surface area contributed by atoms with Crippen LogP contribution in [0.15, 0.2) is 35.5 Å². The third kappa shape index (κ3) is 3.75. The number of Topliss-reactive ketones (excluding diaryl/α,β-unsaturated/α-hetero) is 1. The number of ether oxygens (including phenoxy) is 1. The fraction of sp³-hybridized carbons (Fsp3) is 0.429. The van der Waals surface area contributed by atoms with Crippen molar-refractivity contribution in [3.63, 3.8) is 0 Å². The number of nitriles is 2. The van der Waals surface area contributed by atoms with Gasteiger partial charge in [-0.2, -0.15) is 10.5 Å². The minimum atomic E-state index is -0.835. The lowest BCUT2D eigenvalue weighted by Gasteiger charge is -2.45. The molecule has 2 aromatic rings. The maximum absolute atomic E-state index is 13.7. The molecule has 0 saturated heterocycles. The van der Waals surface area contributed by atoms with E-state index < -0.39 is 11.8 Å². The van der Waals surface area contributed by atoms with Crippen molar-refractivity contribution in [2.24, 2.45) is 11.3 Å². The van der Waals surface area contributed by atoms with Crippen molar-refractivity contribution in [2.45, 2.75) is 58.3 Å². The maximum atomic E-state index is 13.7. The third-order valence-corrected chi connectivity index (χ3v) is 8.70. The Morgan fingerprint density at radius 1 is 1.14 bits per heavy atom. The van der Waals surface area contributed by atoms with Crippen LogP contribution < -0.4 is 9.64 Å². The van der Waals surface area contributed by atoms with Crippen LogP contribution in [0.3, 0.4) is 0 Å². The van der Waals surface area contributed by atoms with Gasteiger partial charge in [0.25, 0.3) is 0 Å². The number of ketones is 1. The molecule has 0 fully saturated rings. The molecule has 0 spiro atoms. The molecule has 1 aromatic heterocycles.